The van der Waals surface area contributed by atoms with Gasteiger partial charge in [-0.05, 0) is 33.0 Å². The van der Waals surface area contributed by atoms with Crippen LogP contribution in [-0.4, -0.2) is 48.6 Å². The topological polar surface area (TPSA) is 6.48 Å². The first-order valence-corrected chi connectivity index (χ1v) is 6.70. The van der Waals surface area contributed by atoms with Crippen molar-refractivity contribution in [3.8, 4) is 0 Å². The molecular formula is C13H30N2. The zero-order chi connectivity index (χ0) is 11.9. The van der Waals surface area contributed by atoms with Crippen LogP contribution in [0.4, 0.5) is 0 Å². The first-order chi connectivity index (χ1) is 7.27. The quantitative estimate of drug-likeness (QED) is 0.662. The van der Waals surface area contributed by atoms with Gasteiger partial charge in [0.2, 0.25) is 0 Å². The Kier molecular flexibility index (Phi) is 7.20. The Morgan fingerprint density at radius 3 is 2.00 bits per heavy atom. The van der Waals surface area contributed by atoms with E-state index in [4.69, 9.17) is 0 Å². The summed E-state index contributed by atoms with van der Waals surface area (Å²) in [5, 5.41) is 0. The lowest BCUT2D eigenvalue weighted by Gasteiger charge is -2.51. The molecular weight excluding hydrogens is 184 g/mol. The summed E-state index contributed by atoms with van der Waals surface area (Å²) in [6, 6.07) is 0. The molecule has 0 bridgehead atoms. The molecule has 0 saturated carbocycles. The molecule has 0 aromatic heterocycles. The van der Waals surface area contributed by atoms with E-state index in [9.17, 15) is 0 Å². The van der Waals surface area contributed by atoms with Gasteiger partial charge in [0.15, 0.2) is 0 Å². The number of likely N-dealkylation sites (N-methyl/N-ethyl adjacent to an activating group) is 2. The van der Waals surface area contributed by atoms with Crippen LogP contribution in [0.15, 0.2) is 0 Å². The summed E-state index contributed by atoms with van der Waals surface area (Å²) in [5.74, 6) is 0. The Bertz CT molecular complexity index is 151. The van der Waals surface area contributed by atoms with Crippen molar-refractivity contribution in [1.29, 1.82) is 0 Å². The fourth-order valence-corrected chi connectivity index (χ4v) is 2.80. The molecule has 2 nitrogen and oxygen atoms in total. The van der Waals surface area contributed by atoms with E-state index in [1.165, 1.54) is 39.0 Å². The number of nitrogens with zero attached hydrogens (tertiary/aromatic N) is 2. The highest BCUT2D eigenvalue weighted by Gasteiger charge is 2.47. The Labute approximate surface area is 96.6 Å². The molecule has 2 fully saturated rings. The molecule has 0 N–H and O–H groups in total. The minimum absolute atomic E-state index is 0.615. The summed E-state index contributed by atoms with van der Waals surface area (Å²) in [7, 11) is 2.22. The van der Waals surface area contributed by atoms with Crippen LogP contribution in [0.1, 0.15) is 47.5 Å². The van der Waals surface area contributed by atoms with Gasteiger partial charge in [-0.25, -0.2) is 0 Å². The molecule has 0 atom stereocenters. The van der Waals surface area contributed by atoms with E-state index in [0.29, 0.717) is 5.54 Å². The predicted octanol–water partition coefficient (Wildman–Crippen LogP) is 2.84. The maximum atomic E-state index is 2.66. The maximum absolute atomic E-state index is 2.66. The van der Waals surface area contributed by atoms with Crippen LogP contribution in [0.3, 0.4) is 0 Å². The summed E-state index contributed by atoms with van der Waals surface area (Å²) >= 11 is 0. The van der Waals surface area contributed by atoms with E-state index in [1.807, 2.05) is 27.7 Å². The Balaban J connectivity index is 0.000000442. The van der Waals surface area contributed by atoms with Crippen LogP contribution in [0.5, 0.6) is 0 Å². The minimum Gasteiger partial charge on any atom is -0.303 e. The van der Waals surface area contributed by atoms with E-state index in [2.05, 4.69) is 23.8 Å². The van der Waals surface area contributed by atoms with Crippen molar-refractivity contribution in [2.75, 3.05) is 33.2 Å². The molecule has 0 unspecified atom stereocenters. The van der Waals surface area contributed by atoms with Crippen LogP contribution >= 0.6 is 0 Å². The van der Waals surface area contributed by atoms with Crippen LogP contribution in [0.25, 0.3) is 0 Å². The molecule has 2 aliphatic heterocycles. The van der Waals surface area contributed by atoms with E-state index in [1.54, 1.807) is 0 Å². The second-order valence-corrected chi connectivity index (χ2v) is 4.08. The maximum Gasteiger partial charge on any atom is 0.0463 e. The van der Waals surface area contributed by atoms with Crippen molar-refractivity contribution >= 4 is 0 Å². The van der Waals surface area contributed by atoms with Gasteiger partial charge in [-0.3, -0.25) is 4.90 Å². The Hall–Kier alpha value is -0.0800. The molecule has 15 heavy (non-hydrogen) atoms. The Morgan fingerprint density at radius 1 is 1.07 bits per heavy atom. The molecule has 0 aliphatic carbocycles. The lowest BCUT2D eigenvalue weighted by atomic mass is 9.87. The molecule has 0 aromatic carbocycles. The SMILES string of the molecule is CC.CC.CCN1CCCC12CN(C)C2. The summed E-state index contributed by atoms with van der Waals surface area (Å²) in [6.45, 7) is 15.5. The molecule has 2 heteroatoms. The smallest absolute Gasteiger partial charge is 0.0463 e. The van der Waals surface area contributed by atoms with E-state index in [-0.39, 0.29) is 0 Å². The van der Waals surface area contributed by atoms with Crippen molar-refractivity contribution in [3.63, 3.8) is 0 Å². The third kappa shape index (κ3) is 3.18. The minimum atomic E-state index is 0.615. The second-order valence-electron chi connectivity index (χ2n) is 4.08. The van der Waals surface area contributed by atoms with E-state index in [0.717, 1.165) is 0 Å². The van der Waals surface area contributed by atoms with Crippen molar-refractivity contribution < 1.29 is 0 Å². The molecule has 0 aromatic rings. The average Bonchev–Trinajstić information content (AvgIpc) is 2.67. The lowest BCUT2D eigenvalue weighted by molar-refractivity contribution is -0.0106. The fourth-order valence-electron chi connectivity index (χ4n) is 2.80. The van der Waals surface area contributed by atoms with Crippen LogP contribution in [-0.2, 0) is 0 Å². The van der Waals surface area contributed by atoms with Crippen LogP contribution in [0.2, 0.25) is 0 Å². The fraction of sp³-hybridized carbons (Fsp3) is 1.00. The molecule has 92 valence electrons. The number of hydrogen-bond donors (Lipinski definition) is 0. The largest absolute Gasteiger partial charge is 0.303 e. The predicted molar refractivity (Wildman–Crippen MR) is 69.4 cm³/mol. The molecule has 0 radical (unpaired) electrons. The molecule has 2 heterocycles. The second kappa shape index (κ2) is 7.24. The van der Waals surface area contributed by atoms with Gasteiger partial charge < -0.3 is 4.90 Å². The zero-order valence-corrected chi connectivity index (χ0v) is 11.6. The van der Waals surface area contributed by atoms with Gasteiger partial charge in [0.25, 0.3) is 0 Å². The van der Waals surface area contributed by atoms with Crippen LogP contribution in [0, 0.1) is 0 Å². The van der Waals surface area contributed by atoms with Gasteiger partial charge in [0, 0.05) is 18.6 Å². The lowest BCUT2D eigenvalue weighted by Crippen LogP contribution is -2.66. The number of rotatable bonds is 1. The van der Waals surface area contributed by atoms with Gasteiger partial charge in [-0.2, -0.15) is 0 Å². The van der Waals surface area contributed by atoms with Crippen molar-refractivity contribution in [3.05, 3.63) is 0 Å². The number of likely N-dealkylation sites (tertiary alicyclic amines) is 2. The third-order valence-corrected chi connectivity index (χ3v) is 3.25. The van der Waals surface area contributed by atoms with Gasteiger partial charge in [0.05, 0.1) is 0 Å². The highest BCUT2D eigenvalue weighted by Crippen LogP contribution is 2.36. The summed E-state index contributed by atoms with van der Waals surface area (Å²) < 4.78 is 0. The standard InChI is InChI=1S/C9H18N2.2C2H6/c1-3-11-6-4-5-9(11)7-10(2)8-9;2*1-2/h3-8H2,1-2H3;2*1-2H3. The zero-order valence-electron chi connectivity index (χ0n) is 11.6. The average molecular weight is 214 g/mol. The highest BCUT2D eigenvalue weighted by atomic mass is 15.3. The first-order valence-electron chi connectivity index (χ1n) is 6.70. The van der Waals surface area contributed by atoms with Gasteiger partial charge in [-0.1, -0.05) is 34.6 Å². The summed E-state index contributed by atoms with van der Waals surface area (Å²) in [4.78, 5) is 5.08. The molecule has 0 amide bonds. The Morgan fingerprint density at radius 2 is 1.60 bits per heavy atom. The van der Waals surface area contributed by atoms with Crippen LogP contribution < -0.4 is 0 Å². The van der Waals surface area contributed by atoms with E-state index < -0.39 is 0 Å². The highest BCUT2D eigenvalue weighted by molar-refractivity contribution is 5.05. The summed E-state index contributed by atoms with van der Waals surface area (Å²) in [5.41, 5.74) is 0.615. The van der Waals surface area contributed by atoms with E-state index >= 15 is 0 Å². The number of hydrogen-bond acceptors (Lipinski definition) is 2. The molecule has 2 rings (SSSR count). The normalized spacial score (nSPS) is 23.6. The van der Waals surface area contributed by atoms with Crippen molar-refractivity contribution in [2.45, 2.75) is 53.0 Å². The van der Waals surface area contributed by atoms with Crippen molar-refractivity contribution in [2.24, 2.45) is 0 Å². The molecule has 2 aliphatic rings. The van der Waals surface area contributed by atoms with Gasteiger partial charge >= 0.3 is 0 Å². The molecule has 2 saturated heterocycles. The van der Waals surface area contributed by atoms with Gasteiger partial charge in [-0.15, -0.1) is 0 Å². The van der Waals surface area contributed by atoms with Crippen molar-refractivity contribution in [1.82, 2.24) is 9.80 Å². The molecule has 1 spiro atoms. The first kappa shape index (κ1) is 14.9. The summed E-state index contributed by atoms with van der Waals surface area (Å²) in [6.07, 6.45) is 2.85. The monoisotopic (exact) mass is 214 g/mol. The third-order valence-electron chi connectivity index (χ3n) is 3.25. The van der Waals surface area contributed by atoms with Gasteiger partial charge in [0.1, 0.15) is 0 Å².